The number of rotatable bonds is 7. The number of methoxy groups -OCH3 is 1. The molecule has 1 aliphatic rings. The van der Waals surface area contributed by atoms with Crippen molar-refractivity contribution >= 4 is 29.1 Å². The van der Waals surface area contributed by atoms with Gasteiger partial charge < -0.3 is 20.7 Å². The van der Waals surface area contributed by atoms with Gasteiger partial charge in [-0.2, -0.15) is 0 Å². The monoisotopic (exact) mass is 491 g/mol. The zero-order chi connectivity index (χ0) is 24.8. The van der Waals surface area contributed by atoms with E-state index in [0.29, 0.717) is 27.6 Å². The van der Waals surface area contributed by atoms with E-state index < -0.39 is 0 Å². The lowest BCUT2D eigenvalue weighted by atomic mass is 9.89. The van der Waals surface area contributed by atoms with Gasteiger partial charge in [0.15, 0.2) is 0 Å². The number of halogens is 1. The van der Waals surface area contributed by atoms with E-state index in [-0.39, 0.29) is 30.4 Å². The summed E-state index contributed by atoms with van der Waals surface area (Å²) in [4.78, 5) is 28.1. The van der Waals surface area contributed by atoms with Crippen LogP contribution in [0.3, 0.4) is 0 Å². The number of carbonyl (C=O) groups is 2. The van der Waals surface area contributed by atoms with Gasteiger partial charge in [-0.3, -0.25) is 9.59 Å². The van der Waals surface area contributed by atoms with Gasteiger partial charge in [0.2, 0.25) is 0 Å². The quantitative estimate of drug-likeness (QED) is 0.456. The number of amides is 2. The molecule has 3 N–H and O–H groups in total. The second kappa shape index (κ2) is 11.4. The Kier molecular flexibility index (Phi) is 8.06. The third-order valence-corrected chi connectivity index (χ3v) is 6.83. The highest BCUT2D eigenvalue weighted by molar-refractivity contribution is 6.31. The number of carbonyl (C=O) groups excluding carboxylic acids is 2. The van der Waals surface area contributed by atoms with E-state index in [9.17, 15) is 9.59 Å². The maximum absolute atomic E-state index is 13.7. The third kappa shape index (κ3) is 6.02. The molecule has 2 unspecified atom stereocenters. The molecule has 0 radical (unpaired) electrons. The summed E-state index contributed by atoms with van der Waals surface area (Å²) in [6, 6.07) is 21.2. The molecule has 3 aromatic rings. The van der Waals surface area contributed by atoms with Gasteiger partial charge in [-0.05, 0) is 73.0 Å². The van der Waals surface area contributed by atoms with Crippen LogP contribution in [0.5, 0.6) is 5.75 Å². The predicted molar refractivity (Wildman–Crippen MR) is 139 cm³/mol. The Hall–Kier alpha value is -3.35. The van der Waals surface area contributed by atoms with Gasteiger partial charge in [-0.1, -0.05) is 42.6 Å². The molecular formula is C28H30ClN3O3. The van der Waals surface area contributed by atoms with Crippen LogP contribution in [-0.4, -0.2) is 35.9 Å². The van der Waals surface area contributed by atoms with Crippen molar-refractivity contribution in [2.45, 2.75) is 44.3 Å². The molecule has 0 heterocycles. The number of anilines is 1. The lowest BCUT2D eigenvalue weighted by Crippen LogP contribution is -2.51. The third-order valence-electron chi connectivity index (χ3n) is 6.46. The van der Waals surface area contributed by atoms with Gasteiger partial charge in [0, 0.05) is 40.5 Å². The largest absolute Gasteiger partial charge is 0.497 e. The van der Waals surface area contributed by atoms with E-state index in [2.05, 4.69) is 5.32 Å². The van der Waals surface area contributed by atoms with Crippen LogP contribution in [0.1, 0.15) is 52.0 Å². The Balaban J connectivity index is 1.61. The van der Waals surface area contributed by atoms with Crippen molar-refractivity contribution in [2.24, 2.45) is 5.73 Å². The standard InChI is InChI=1S/C28H30ClN3O3/c1-35-23-14-11-20(12-15-23)28(34)32(26-10-6-5-9-25(26)30)18-21-17-22(13-16-24(21)29)31-27(33)19-7-3-2-4-8-19/h2-4,7-8,11-17,25-26H,5-6,9-10,18,30H2,1H3,(H,31,33). The van der Waals surface area contributed by atoms with Gasteiger partial charge in [0.1, 0.15) is 5.75 Å². The molecule has 0 bridgehead atoms. The van der Waals surface area contributed by atoms with E-state index in [1.54, 1.807) is 55.6 Å². The van der Waals surface area contributed by atoms with Crippen molar-refractivity contribution in [3.05, 3.63) is 94.5 Å². The number of hydrogen-bond acceptors (Lipinski definition) is 4. The average Bonchev–Trinajstić information content (AvgIpc) is 2.89. The van der Waals surface area contributed by atoms with Crippen LogP contribution < -0.4 is 15.8 Å². The first kappa shape index (κ1) is 24.8. The minimum absolute atomic E-state index is 0.100. The summed E-state index contributed by atoms with van der Waals surface area (Å²) in [5, 5.41) is 3.45. The molecule has 0 aliphatic heterocycles. The number of hydrogen-bond donors (Lipinski definition) is 2. The maximum atomic E-state index is 13.7. The first-order chi connectivity index (χ1) is 17.0. The minimum atomic E-state index is -0.209. The van der Waals surface area contributed by atoms with Gasteiger partial charge >= 0.3 is 0 Å². The van der Waals surface area contributed by atoms with Crippen LogP contribution in [0.4, 0.5) is 5.69 Å². The Morgan fingerprint density at radius 2 is 1.71 bits per heavy atom. The topological polar surface area (TPSA) is 84.7 Å². The van der Waals surface area contributed by atoms with Gasteiger partial charge in [-0.15, -0.1) is 0 Å². The van der Waals surface area contributed by atoms with Crippen molar-refractivity contribution in [3.63, 3.8) is 0 Å². The summed E-state index contributed by atoms with van der Waals surface area (Å²) >= 11 is 6.56. The fourth-order valence-corrected chi connectivity index (χ4v) is 4.69. The zero-order valence-corrected chi connectivity index (χ0v) is 20.5. The number of ether oxygens (including phenoxy) is 1. The molecule has 1 fully saturated rings. The molecule has 182 valence electrons. The summed E-state index contributed by atoms with van der Waals surface area (Å²) in [6.45, 7) is 0.289. The Morgan fingerprint density at radius 3 is 2.40 bits per heavy atom. The molecule has 3 aromatic carbocycles. The van der Waals surface area contributed by atoms with E-state index in [0.717, 1.165) is 31.2 Å². The normalized spacial score (nSPS) is 17.5. The summed E-state index contributed by atoms with van der Waals surface area (Å²) < 4.78 is 5.23. The molecule has 1 saturated carbocycles. The van der Waals surface area contributed by atoms with Gasteiger partial charge in [0.25, 0.3) is 11.8 Å². The van der Waals surface area contributed by atoms with Crippen LogP contribution in [0.25, 0.3) is 0 Å². The van der Waals surface area contributed by atoms with E-state index in [4.69, 9.17) is 22.1 Å². The van der Waals surface area contributed by atoms with Crippen LogP contribution in [0.2, 0.25) is 5.02 Å². The average molecular weight is 492 g/mol. The number of nitrogens with one attached hydrogen (secondary N) is 1. The molecule has 7 heteroatoms. The van der Waals surface area contributed by atoms with E-state index in [1.165, 1.54) is 0 Å². The van der Waals surface area contributed by atoms with E-state index in [1.807, 2.05) is 29.2 Å². The summed E-state index contributed by atoms with van der Waals surface area (Å²) in [7, 11) is 1.59. The first-order valence-corrected chi connectivity index (χ1v) is 12.2. The molecule has 0 aromatic heterocycles. The Bertz CT molecular complexity index is 1170. The second-order valence-electron chi connectivity index (χ2n) is 8.80. The van der Waals surface area contributed by atoms with Gasteiger partial charge in [0.05, 0.1) is 7.11 Å². The zero-order valence-electron chi connectivity index (χ0n) is 19.7. The number of benzene rings is 3. The SMILES string of the molecule is COc1ccc(C(=O)N(Cc2cc(NC(=O)c3ccccc3)ccc2Cl)C2CCCCC2N)cc1. The van der Waals surface area contributed by atoms with Crippen LogP contribution in [0.15, 0.2) is 72.8 Å². The van der Waals surface area contributed by atoms with Crippen LogP contribution >= 0.6 is 11.6 Å². The summed E-state index contributed by atoms with van der Waals surface area (Å²) in [5.74, 6) is 0.372. The molecule has 4 rings (SSSR count). The first-order valence-electron chi connectivity index (χ1n) is 11.8. The Labute approximate surface area is 211 Å². The van der Waals surface area contributed by atoms with Gasteiger partial charge in [-0.25, -0.2) is 0 Å². The second-order valence-corrected chi connectivity index (χ2v) is 9.21. The number of nitrogens with zero attached hydrogens (tertiary/aromatic N) is 1. The van der Waals surface area contributed by atoms with Crippen molar-refractivity contribution in [1.29, 1.82) is 0 Å². The maximum Gasteiger partial charge on any atom is 0.255 e. The molecule has 2 amide bonds. The fraction of sp³-hybridized carbons (Fsp3) is 0.286. The number of nitrogens with two attached hydrogens (primary N) is 1. The smallest absolute Gasteiger partial charge is 0.255 e. The lowest BCUT2D eigenvalue weighted by Gasteiger charge is -2.38. The van der Waals surface area contributed by atoms with Crippen LogP contribution in [0, 0.1) is 0 Å². The molecular weight excluding hydrogens is 462 g/mol. The lowest BCUT2D eigenvalue weighted by molar-refractivity contribution is 0.0583. The highest BCUT2D eigenvalue weighted by Gasteiger charge is 2.32. The van der Waals surface area contributed by atoms with Crippen molar-refractivity contribution in [1.82, 2.24) is 4.90 Å². The molecule has 35 heavy (non-hydrogen) atoms. The molecule has 2 atom stereocenters. The van der Waals surface area contributed by atoms with Crippen molar-refractivity contribution < 1.29 is 14.3 Å². The molecule has 0 saturated heterocycles. The highest BCUT2D eigenvalue weighted by Crippen LogP contribution is 2.29. The van der Waals surface area contributed by atoms with Crippen LogP contribution in [-0.2, 0) is 6.54 Å². The highest BCUT2D eigenvalue weighted by atomic mass is 35.5. The molecule has 0 spiro atoms. The van der Waals surface area contributed by atoms with Crippen molar-refractivity contribution in [3.8, 4) is 5.75 Å². The Morgan fingerprint density at radius 1 is 1.00 bits per heavy atom. The summed E-state index contributed by atoms with van der Waals surface area (Å²) in [5.41, 5.74) is 8.98. The molecule has 1 aliphatic carbocycles. The van der Waals surface area contributed by atoms with E-state index >= 15 is 0 Å². The van der Waals surface area contributed by atoms with Crippen molar-refractivity contribution in [2.75, 3.05) is 12.4 Å². The fourth-order valence-electron chi connectivity index (χ4n) is 4.52. The minimum Gasteiger partial charge on any atom is -0.497 e. The predicted octanol–water partition coefficient (Wildman–Crippen LogP) is 5.51. The molecule has 6 nitrogen and oxygen atoms in total. The summed E-state index contributed by atoms with van der Waals surface area (Å²) in [6.07, 6.45) is 3.79.